The van der Waals surface area contributed by atoms with Gasteiger partial charge in [0.1, 0.15) is 0 Å². The third kappa shape index (κ3) is 4.37. The first-order valence-corrected chi connectivity index (χ1v) is 10.1. The molecule has 26 heavy (non-hydrogen) atoms. The molecule has 0 aromatic heterocycles. The smallest absolute Gasteiger partial charge is 0.253 e. The lowest BCUT2D eigenvalue weighted by atomic mass is 10.1. The van der Waals surface area contributed by atoms with E-state index in [4.69, 9.17) is 0 Å². The standard InChI is InChI=1S/C21H31N3O2/c1-3-11-23(12-4-2)20(25)18-7-9-19(10-8-18)22-13-15-24(16-14-22)21(26)17-5-6-17/h7-10,17H,3-6,11-16H2,1-2H3. The van der Waals surface area contributed by atoms with Gasteiger partial charge < -0.3 is 14.7 Å². The van der Waals surface area contributed by atoms with Crippen molar-refractivity contribution in [3.63, 3.8) is 0 Å². The molecular formula is C21H31N3O2. The van der Waals surface area contributed by atoms with Gasteiger partial charge in [0.15, 0.2) is 0 Å². The molecule has 0 atom stereocenters. The van der Waals surface area contributed by atoms with Crippen LogP contribution in [0.1, 0.15) is 49.9 Å². The van der Waals surface area contributed by atoms with Crippen molar-refractivity contribution >= 4 is 17.5 Å². The van der Waals surface area contributed by atoms with Gasteiger partial charge in [-0.2, -0.15) is 0 Å². The fourth-order valence-corrected chi connectivity index (χ4v) is 3.63. The van der Waals surface area contributed by atoms with Crippen LogP contribution in [0.2, 0.25) is 0 Å². The first-order valence-electron chi connectivity index (χ1n) is 10.1. The summed E-state index contributed by atoms with van der Waals surface area (Å²) in [4.78, 5) is 31.1. The Labute approximate surface area is 156 Å². The molecule has 0 N–H and O–H groups in total. The number of benzene rings is 1. The number of nitrogens with zero attached hydrogens (tertiary/aromatic N) is 3. The lowest BCUT2D eigenvalue weighted by molar-refractivity contribution is -0.132. The van der Waals surface area contributed by atoms with Crippen molar-refractivity contribution in [3.05, 3.63) is 29.8 Å². The van der Waals surface area contributed by atoms with Crippen LogP contribution in [0.3, 0.4) is 0 Å². The summed E-state index contributed by atoms with van der Waals surface area (Å²) < 4.78 is 0. The van der Waals surface area contributed by atoms with E-state index < -0.39 is 0 Å². The highest BCUT2D eigenvalue weighted by molar-refractivity contribution is 5.94. The van der Waals surface area contributed by atoms with E-state index in [1.54, 1.807) is 0 Å². The molecule has 5 nitrogen and oxygen atoms in total. The van der Waals surface area contributed by atoms with Crippen molar-refractivity contribution in [2.75, 3.05) is 44.2 Å². The van der Waals surface area contributed by atoms with Gasteiger partial charge in [0.2, 0.25) is 5.91 Å². The van der Waals surface area contributed by atoms with Crippen LogP contribution in [0.5, 0.6) is 0 Å². The molecule has 2 aliphatic rings. The van der Waals surface area contributed by atoms with Gasteiger partial charge >= 0.3 is 0 Å². The summed E-state index contributed by atoms with van der Waals surface area (Å²) in [5, 5.41) is 0. The van der Waals surface area contributed by atoms with Crippen molar-refractivity contribution in [1.82, 2.24) is 9.80 Å². The van der Waals surface area contributed by atoms with Crippen LogP contribution < -0.4 is 4.90 Å². The summed E-state index contributed by atoms with van der Waals surface area (Å²) >= 11 is 0. The number of hydrogen-bond acceptors (Lipinski definition) is 3. The van der Waals surface area contributed by atoms with Crippen LogP contribution in [-0.2, 0) is 4.79 Å². The molecule has 1 saturated heterocycles. The number of amides is 2. The molecule has 0 radical (unpaired) electrons. The van der Waals surface area contributed by atoms with Crippen molar-refractivity contribution in [3.8, 4) is 0 Å². The normalized spacial score (nSPS) is 17.3. The summed E-state index contributed by atoms with van der Waals surface area (Å²) in [7, 11) is 0. The zero-order chi connectivity index (χ0) is 18.5. The minimum Gasteiger partial charge on any atom is -0.368 e. The molecule has 1 aromatic rings. The van der Waals surface area contributed by atoms with Crippen LogP contribution in [-0.4, -0.2) is 60.9 Å². The summed E-state index contributed by atoms with van der Waals surface area (Å²) in [6.45, 7) is 9.16. The minimum absolute atomic E-state index is 0.125. The van der Waals surface area contributed by atoms with Crippen LogP contribution in [0, 0.1) is 5.92 Å². The number of hydrogen-bond donors (Lipinski definition) is 0. The van der Waals surface area contributed by atoms with E-state index >= 15 is 0 Å². The molecule has 0 bridgehead atoms. The second-order valence-corrected chi connectivity index (χ2v) is 7.43. The fourth-order valence-electron chi connectivity index (χ4n) is 3.63. The Kier molecular flexibility index (Phi) is 6.17. The van der Waals surface area contributed by atoms with Gasteiger partial charge in [-0.15, -0.1) is 0 Å². The van der Waals surface area contributed by atoms with Gasteiger partial charge in [0.25, 0.3) is 5.91 Å². The first-order chi connectivity index (χ1) is 12.6. The van der Waals surface area contributed by atoms with Crippen LogP contribution >= 0.6 is 0 Å². The number of carbonyl (C=O) groups excluding carboxylic acids is 2. The highest BCUT2D eigenvalue weighted by Crippen LogP contribution is 2.31. The molecule has 1 aliphatic carbocycles. The zero-order valence-electron chi connectivity index (χ0n) is 16.1. The Balaban J connectivity index is 1.57. The molecule has 1 aromatic carbocycles. The van der Waals surface area contributed by atoms with Gasteiger partial charge in [0, 0.05) is 56.4 Å². The SMILES string of the molecule is CCCN(CCC)C(=O)c1ccc(N2CCN(C(=O)C3CC3)CC2)cc1. The Morgan fingerprint density at radius 1 is 0.962 bits per heavy atom. The maximum Gasteiger partial charge on any atom is 0.253 e. The molecule has 3 rings (SSSR count). The van der Waals surface area contributed by atoms with E-state index in [0.29, 0.717) is 11.8 Å². The predicted octanol–water partition coefficient (Wildman–Crippen LogP) is 3.01. The largest absolute Gasteiger partial charge is 0.368 e. The highest BCUT2D eigenvalue weighted by Gasteiger charge is 2.34. The Morgan fingerprint density at radius 2 is 1.54 bits per heavy atom. The maximum absolute atomic E-state index is 12.7. The lowest BCUT2D eigenvalue weighted by Crippen LogP contribution is -2.49. The summed E-state index contributed by atoms with van der Waals surface area (Å²) in [6.07, 6.45) is 4.10. The maximum atomic E-state index is 12.7. The van der Waals surface area contributed by atoms with Gasteiger partial charge in [0.05, 0.1) is 0 Å². The monoisotopic (exact) mass is 357 g/mol. The molecule has 2 amide bonds. The van der Waals surface area contributed by atoms with E-state index in [-0.39, 0.29) is 5.91 Å². The van der Waals surface area contributed by atoms with E-state index in [2.05, 4.69) is 18.7 Å². The van der Waals surface area contributed by atoms with E-state index in [9.17, 15) is 9.59 Å². The van der Waals surface area contributed by atoms with Crippen molar-refractivity contribution in [2.45, 2.75) is 39.5 Å². The second-order valence-electron chi connectivity index (χ2n) is 7.43. The number of rotatable bonds is 7. The molecule has 142 valence electrons. The summed E-state index contributed by atoms with van der Waals surface area (Å²) in [6, 6.07) is 7.97. The molecule has 2 fully saturated rings. The quantitative estimate of drug-likeness (QED) is 0.753. The van der Waals surface area contributed by atoms with Gasteiger partial charge in [-0.25, -0.2) is 0 Å². The minimum atomic E-state index is 0.125. The first kappa shape index (κ1) is 18.7. The fraction of sp³-hybridized carbons (Fsp3) is 0.619. The lowest BCUT2D eigenvalue weighted by Gasteiger charge is -2.36. The van der Waals surface area contributed by atoms with Crippen LogP contribution in [0.25, 0.3) is 0 Å². The van der Waals surface area contributed by atoms with Crippen molar-refractivity contribution in [1.29, 1.82) is 0 Å². The highest BCUT2D eigenvalue weighted by atomic mass is 16.2. The molecule has 1 heterocycles. The summed E-state index contributed by atoms with van der Waals surface area (Å²) in [5.74, 6) is 0.777. The van der Waals surface area contributed by atoms with E-state index in [0.717, 1.165) is 76.2 Å². The van der Waals surface area contributed by atoms with E-state index in [1.807, 2.05) is 34.1 Å². The average molecular weight is 357 g/mol. The molecule has 1 saturated carbocycles. The third-order valence-electron chi connectivity index (χ3n) is 5.27. The van der Waals surface area contributed by atoms with Gasteiger partial charge in [-0.05, 0) is 49.9 Å². The van der Waals surface area contributed by atoms with E-state index in [1.165, 1.54) is 0 Å². The van der Waals surface area contributed by atoms with Crippen molar-refractivity contribution < 1.29 is 9.59 Å². The average Bonchev–Trinajstić information content (AvgIpc) is 3.52. The molecule has 1 aliphatic heterocycles. The topological polar surface area (TPSA) is 43.9 Å². The number of anilines is 1. The second kappa shape index (κ2) is 8.56. The van der Waals surface area contributed by atoms with Crippen molar-refractivity contribution in [2.24, 2.45) is 5.92 Å². The zero-order valence-corrected chi connectivity index (χ0v) is 16.1. The molecule has 5 heteroatoms. The molecule has 0 unspecified atom stereocenters. The van der Waals surface area contributed by atoms with Crippen LogP contribution in [0.4, 0.5) is 5.69 Å². The predicted molar refractivity (Wildman–Crippen MR) is 104 cm³/mol. The Hall–Kier alpha value is -2.04. The van der Waals surface area contributed by atoms with Gasteiger partial charge in [-0.1, -0.05) is 13.8 Å². The van der Waals surface area contributed by atoms with Gasteiger partial charge in [-0.3, -0.25) is 9.59 Å². The third-order valence-corrected chi connectivity index (χ3v) is 5.27. The molecular weight excluding hydrogens is 326 g/mol. The molecule has 0 spiro atoms. The summed E-state index contributed by atoms with van der Waals surface area (Å²) in [5.41, 5.74) is 1.90. The number of carbonyl (C=O) groups is 2. The van der Waals surface area contributed by atoms with Crippen LogP contribution in [0.15, 0.2) is 24.3 Å². The Morgan fingerprint density at radius 3 is 2.04 bits per heavy atom. The Bertz CT molecular complexity index is 611. The number of piperazine rings is 1.